The number of carbonyl (C=O) groups excluding carboxylic acids is 1. The highest BCUT2D eigenvalue weighted by Crippen LogP contribution is 2.20. The van der Waals surface area contributed by atoms with Crippen LogP contribution < -0.4 is 0 Å². The van der Waals surface area contributed by atoms with E-state index in [1.807, 2.05) is 26.0 Å². The molecule has 1 unspecified atom stereocenters. The van der Waals surface area contributed by atoms with Crippen molar-refractivity contribution in [2.24, 2.45) is 5.92 Å². The molecule has 0 amide bonds. The van der Waals surface area contributed by atoms with Gasteiger partial charge in [-0.25, -0.2) is 0 Å². The molecular formula is C15H22O2. The van der Waals surface area contributed by atoms with Gasteiger partial charge in [0.1, 0.15) is 11.5 Å². The maximum Gasteiger partial charge on any atom is 0.133 e. The lowest BCUT2D eigenvalue weighted by Crippen LogP contribution is -2.07. The zero-order valence-electron chi connectivity index (χ0n) is 11.0. The molecule has 1 N–H and O–H groups in total. The van der Waals surface area contributed by atoms with Gasteiger partial charge in [0.05, 0.1) is 0 Å². The second-order valence-corrected chi connectivity index (χ2v) is 4.92. The summed E-state index contributed by atoms with van der Waals surface area (Å²) in [5, 5.41) is 9.44. The molecule has 0 fully saturated rings. The number of phenolic OH excluding ortho intramolecular Hbond substituents is 1. The average Bonchev–Trinajstić information content (AvgIpc) is 2.23. The second kappa shape index (κ2) is 6.43. The molecule has 0 bridgehead atoms. The largest absolute Gasteiger partial charge is 0.508 e. The summed E-state index contributed by atoms with van der Waals surface area (Å²) < 4.78 is 0. The predicted molar refractivity (Wildman–Crippen MR) is 70.2 cm³/mol. The van der Waals surface area contributed by atoms with Gasteiger partial charge in [-0.1, -0.05) is 26.0 Å². The number of benzene rings is 1. The van der Waals surface area contributed by atoms with Crippen LogP contribution in [-0.4, -0.2) is 10.9 Å². The Balaban J connectivity index is 2.53. The predicted octanol–water partition coefficient (Wildman–Crippen LogP) is 3.64. The number of ketones is 1. The third-order valence-electron chi connectivity index (χ3n) is 2.95. The first-order valence-corrected chi connectivity index (χ1v) is 6.33. The minimum atomic E-state index is 0.337. The molecule has 2 heteroatoms. The summed E-state index contributed by atoms with van der Waals surface area (Å²) in [4.78, 5) is 11.5. The topological polar surface area (TPSA) is 37.3 Å². The van der Waals surface area contributed by atoms with Gasteiger partial charge >= 0.3 is 0 Å². The molecule has 0 radical (unpaired) electrons. The molecule has 0 saturated heterocycles. The van der Waals surface area contributed by atoms with Crippen LogP contribution in [-0.2, 0) is 11.2 Å². The first kappa shape index (κ1) is 13.8. The van der Waals surface area contributed by atoms with E-state index in [2.05, 4.69) is 6.92 Å². The van der Waals surface area contributed by atoms with Gasteiger partial charge in [-0.3, -0.25) is 4.79 Å². The van der Waals surface area contributed by atoms with Crippen molar-refractivity contribution in [3.8, 4) is 5.75 Å². The first-order chi connectivity index (χ1) is 8.02. The van der Waals surface area contributed by atoms with Crippen molar-refractivity contribution >= 4 is 5.78 Å². The Morgan fingerprint density at radius 3 is 2.71 bits per heavy atom. The fourth-order valence-corrected chi connectivity index (χ4v) is 2.09. The van der Waals surface area contributed by atoms with Crippen LogP contribution in [0.25, 0.3) is 0 Å². The molecule has 1 rings (SSSR count). The van der Waals surface area contributed by atoms with E-state index in [-0.39, 0.29) is 0 Å². The summed E-state index contributed by atoms with van der Waals surface area (Å²) in [5.41, 5.74) is 2.09. The summed E-state index contributed by atoms with van der Waals surface area (Å²) in [6.45, 7) is 6.04. The molecular weight excluding hydrogens is 212 g/mol. The lowest BCUT2D eigenvalue weighted by molar-refractivity contribution is -0.119. The third kappa shape index (κ3) is 4.59. The number of phenols is 1. The Hall–Kier alpha value is -1.31. The quantitative estimate of drug-likeness (QED) is 0.816. The average molecular weight is 234 g/mol. The smallest absolute Gasteiger partial charge is 0.133 e. The number of aromatic hydroxyl groups is 1. The highest BCUT2D eigenvalue weighted by atomic mass is 16.3. The van der Waals surface area contributed by atoms with Crippen LogP contribution in [0.15, 0.2) is 18.2 Å². The zero-order valence-corrected chi connectivity index (χ0v) is 11.0. The third-order valence-corrected chi connectivity index (χ3v) is 2.95. The van der Waals surface area contributed by atoms with E-state index in [1.165, 1.54) is 5.56 Å². The molecule has 17 heavy (non-hydrogen) atoms. The van der Waals surface area contributed by atoms with Gasteiger partial charge in [-0.15, -0.1) is 0 Å². The van der Waals surface area contributed by atoms with Crippen molar-refractivity contribution in [1.29, 1.82) is 0 Å². The van der Waals surface area contributed by atoms with Gasteiger partial charge in [-0.2, -0.15) is 0 Å². The Kier molecular flexibility index (Phi) is 5.20. The van der Waals surface area contributed by atoms with Crippen LogP contribution in [0.5, 0.6) is 5.75 Å². The fourth-order valence-electron chi connectivity index (χ4n) is 2.09. The van der Waals surface area contributed by atoms with Crippen LogP contribution in [0.3, 0.4) is 0 Å². The van der Waals surface area contributed by atoms with Gasteiger partial charge in [0.15, 0.2) is 0 Å². The monoisotopic (exact) mass is 234 g/mol. The van der Waals surface area contributed by atoms with Crippen LogP contribution in [0.1, 0.15) is 44.2 Å². The summed E-state index contributed by atoms with van der Waals surface area (Å²) in [7, 11) is 0. The van der Waals surface area contributed by atoms with E-state index in [9.17, 15) is 9.90 Å². The Bertz CT molecular complexity index is 383. The van der Waals surface area contributed by atoms with E-state index in [4.69, 9.17) is 0 Å². The van der Waals surface area contributed by atoms with Crippen molar-refractivity contribution in [3.63, 3.8) is 0 Å². The Morgan fingerprint density at radius 2 is 2.12 bits per heavy atom. The lowest BCUT2D eigenvalue weighted by Gasteiger charge is -2.11. The molecule has 0 saturated carbocycles. The molecule has 0 aliphatic carbocycles. The summed E-state index contributed by atoms with van der Waals surface area (Å²) in [5.74, 6) is 1.07. The van der Waals surface area contributed by atoms with Crippen molar-refractivity contribution < 1.29 is 9.90 Å². The SMILES string of the molecule is CCCC(=O)CC(C)Cc1ccc(O)c(C)c1. The first-order valence-electron chi connectivity index (χ1n) is 6.33. The van der Waals surface area contributed by atoms with E-state index in [1.54, 1.807) is 6.07 Å². The minimum Gasteiger partial charge on any atom is -0.508 e. The molecule has 0 aliphatic rings. The van der Waals surface area contributed by atoms with Gasteiger partial charge in [0, 0.05) is 12.8 Å². The van der Waals surface area contributed by atoms with E-state index < -0.39 is 0 Å². The molecule has 1 atom stereocenters. The van der Waals surface area contributed by atoms with Crippen molar-refractivity contribution in [2.75, 3.05) is 0 Å². The maximum absolute atomic E-state index is 11.5. The number of hydrogen-bond acceptors (Lipinski definition) is 2. The fraction of sp³-hybridized carbons (Fsp3) is 0.533. The van der Waals surface area contributed by atoms with Crippen LogP contribution in [0, 0.1) is 12.8 Å². The van der Waals surface area contributed by atoms with E-state index in [0.717, 1.165) is 18.4 Å². The number of hydrogen-bond donors (Lipinski definition) is 1. The van der Waals surface area contributed by atoms with Gasteiger partial charge < -0.3 is 5.11 Å². The second-order valence-electron chi connectivity index (χ2n) is 4.92. The van der Waals surface area contributed by atoms with Gasteiger partial charge in [0.25, 0.3) is 0 Å². The number of rotatable bonds is 6. The number of aryl methyl sites for hydroxylation is 1. The molecule has 1 aromatic carbocycles. The van der Waals surface area contributed by atoms with Crippen LogP contribution >= 0.6 is 0 Å². The summed E-state index contributed by atoms with van der Waals surface area (Å²) in [6, 6.07) is 5.66. The Labute approximate surface area is 104 Å². The Morgan fingerprint density at radius 1 is 1.41 bits per heavy atom. The molecule has 0 aliphatic heterocycles. The van der Waals surface area contributed by atoms with Gasteiger partial charge in [0.2, 0.25) is 0 Å². The van der Waals surface area contributed by atoms with E-state index in [0.29, 0.717) is 30.3 Å². The number of Topliss-reactive ketones (excluding diaryl/α,β-unsaturated/α-hetero) is 1. The van der Waals surface area contributed by atoms with E-state index >= 15 is 0 Å². The zero-order chi connectivity index (χ0) is 12.8. The summed E-state index contributed by atoms with van der Waals surface area (Å²) >= 11 is 0. The molecule has 0 spiro atoms. The van der Waals surface area contributed by atoms with Crippen molar-refractivity contribution in [2.45, 2.75) is 46.5 Å². The van der Waals surface area contributed by atoms with Crippen molar-refractivity contribution in [1.82, 2.24) is 0 Å². The molecule has 94 valence electrons. The lowest BCUT2D eigenvalue weighted by atomic mass is 9.94. The standard InChI is InChI=1S/C15H22O2/c1-4-5-14(16)9-11(2)8-13-6-7-15(17)12(3)10-13/h6-7,10-11,17H,4-5,8-9H2,1-3H3. The molecule has 2 nitrogen and oxygen atoms in total. The van der Waals surface area contributed by atoms with Crippen LogP contribution in [0.4, 0.5) is 0 Å². The van der Waals surface area contributed by atoms with Crippen molar-refractivity contribution in [3.05, 3.63) is 29.3 Å². The minimum absolute atomic E-state index is 0.337. The maximum atomic E-state index is 11.5. The van der Waals surface area contributed by atoms with Gasteiger partial charge in [-0.05, 0) is 42.9 Å². The molecule has 0 aromatic heterocycles. The molecule has 0 heterocycles. The summed E-state index contributed by atoms with van der Waals surface area (Å²) in [6.07, 6.45) is 3.19. The highest BCUT2D eigenvalue weighted by Gasteiger charge is 2.09. The normalized spacial score (nSPS) is 12.4. The van der Waals surface area contributed by atoms with Crippen LogP contribution in [0.2, 0.25) is 0 Å². The number of carbonyl (C=O) groups is 1. The molecule has 1 aromatic rings. The highest BCUT2D eigenvalue weighted by molar-refractivity contribution is 5.78.